The fourth-order valence-corrected chi connectivity index (χ4v) is 2.58. The molecule has 0 spiro atoms. The average Bonchev–Trinajstić information content (AvgIpc) is 3.00. The summed E-state index contributed by atoms with van der Waals surface area (Å²) in [6, 6.07) is 2.41. The van der Waals surface area contributed by atoms with Crippen molar-refractivity contribution in [2.24, 2.45) is 0 Å². The second-order valence-electron chi connectivity index (χ2n) is 7.01. The molecule has 0 amide bonds. The molecule has 0 radical (unpaired) electrons. The molecule has 1 aromatic rings. The van der Waals surface area contributed by atoms with Crippen LogP contribution in [0.1, 0.15) is 34.1 Å². The Kier molecular flexibility index (Phi) is 4.15. The van der Waals surface area contributed by atoms with Gasteiger partial charge in [-0.1, -0.05) is 0 Å². The lowest BCUT2D eigenvalue weighted by Crippen LogP contribution is -2.41. The van der Waals surface area contributed by atoms with Gasteiger partial charge in [0.05, 0.1) is 24.4 Å². The fourth-order valence-electron chi connectivity index (χ4n) is 2.58. The van der Waals surface area contributed by atoms with Gasteiger partial charge in [0.2, 0.25) is 0 Å². The molecule has 0 saturated carbocycles. The molecule has 2 fully saturated rings. The Hall–Kier alpha value is -1.18. The highest BCUT2D eigenvalue weighted by molar-refractivity contribution is 6.62. The van der Waals surface area contributed by atoms with E-state index in [0.717, 1.165) is 0 Å². The van der Waals surface area contributed by atoms with Crippen molar-refractivity contribution in [3.8, 4) is 5.75 Å². The predicted octanol–water partition coefficient (Wildman–Crippen LogP) is 2.43. The topological polar surface area (TPSA) is 36.9 Å². The van der Waals surface area contributed by atoms with E-state index in [-0.39, 0.29) is 11.9 Å². The standard InChI is InChI=1S/C16H21BF2O4/c1-15(2)16(3,4)23-17(22-15)10-7-12(18)14(13(19)8-10)21-11-5-6-20-9-11/h7-8,11H,5-6,9H2,1-4H3/t11-/m1/s1. The number of ether oxygens (including phenoxy) is 2. The Balaban J connectivity index is 1.83. The first-order valence-corrected chi connectivity index (χ1v) is 7.78. The number of benzene rings is 1. The summed E-state index contributed by atoms with van der Waals surface area (Å²) >= 11 is 0. The Morgan fingerprint density at radius 2 is 1.65 bits per heavy atom. The Bertz CT molecular complexity index is 561. The molecule has 0 aromatic heterocycles. The van der Waals surface area contributed by atoms with Crippen LogP contribution in [0, 0.1) is 11.6 Å². The van der Waals surface area contributed by atoms with Gasteiger partial charge in [-0.25, -0.2) is 8.78 Å². The van der Waals surface area contributed by atoms with Crippen LogP contribution in [0.5, 0.6) is 5.75 Å². The van der Waals surface area contributed by atoms with Crippen molar-refractivity contribution in [3.63, 3.8) is 0 Å². The fraction of sp³-hybridized carbons (Fsp3) is 0.625. The van der Waals surface area contributed by atoms with Gasteiger partial charge in [0.15, 0.2) is 17.4 Å². The Morgan fingerprint density at radius 3 is 2.13 bits per heavy atom. The zero-order chi connectivity index (χ0) is 16.8. The van der Waals surface area contributed by atoms with Crippen molar-refractivity contribution in [2.45, 2.75) is 51.4 Å². The SMILES string of the molecule is CC1(C)OB(c2cc(F)c(O[C@@H]3CCOC3)c(F)c2)OC1(C)C. The third-order valence-electron chi connectivity index (χ3n) is 4.72. The van der Waals surface area contributed by atoms with E-state index in [0.29, 0.717) is 25.1 Å². The average molecular weight is 326 g/mol. The molecule has 1 atom stereocenters. The molecule has 2 aliphatic heterocycles. The third-order valence-corrected chi connectivity index (χ3v) is 4.72. The summed E-state index contributed by atoms with van der Waals surface area (Å²) in [5.74, 6) is -1.90. The monoisotopic (exact) mass is 326 g/mol. The molecule has 7 heteroatoms. The van der Waals surface area contributed by atoms with Crippen LogP contribution in [0.2, 0.25) is 0 Å². The van der Waals surface area contributed by atoms with Gasteiger partial charge in [0, 0.05) is 6.42 Å². The van der Waals surface area contributed by atoms with Crippen LogP contribution in [-0.2, 0) is 14.0 Å². The molecular formula is C16H21BF2O4. The third kappa shape index (κ3) is 3.10. The highest BCUT2D eigenvalue weighted by Gasteiger charge is 2.52. The first kappa shape index (κ1) is 16.7. The molecule has 0 aliphatic carbocycles. The maximum atomic E-state index is 14.3. The van der Waals surface area contributed by atoms with Crippen molar-refractivity contribution in [2.75, 3.05) is 13.2 Å². The summed E-state index contributed by atoms with van der Waals surface area (Å²) in [6.45, 7) is 8.43. The van der Waals surface area contributed by atoms with Gasteiger partial charge < -0.3 is 18.8 Å². The van der Waals surface area contributed by atoms with E-state index < -0.39 is 30.0 Å². The maximum absolute atomic E-state index is 14.3. The van der Waals surface area contributed by atoms with Gasteiger partial charge in [-0.05, 0) is 45.3 Å². The minimum atomic E-state index is -0.812. The van der Waals surface area contributed by atoms with Crippen molar-refractivity contribution in [3.05, 3.63) is 23.8 Å². The minimum absolute atomic E-state index is 0.300. The van der Waals surface area contributed by atoms with Gasteiger partial charge in [-0.2, -0.15) is 0 Å². The zero-order valence-corrected chi connectivity index (χ0v) is 13.8. The van der Waals surface area contributed by atoms with Crippen molar-refractivity contribution in [1.29, 1.82) is 0 Å². The molecule has 2 aliphatic rings. The number of halogens is 2. The highest BCUT2D eigenvalue weighted by atomic mass is 19.1. The number of hydrogen-bond acceptors (Lipinski definition) is 4. The molecule has 2 saturated heterocycles. The Labute approximate surface area is 135 Å². The van der Waals surface area contributed by atoms with Gasteiger partial charge in [-0.3, -0.25) is 0 Å². The van der Waals surface area contributed by atoms with Gasteiger partial charge in [0.25, 0.3) is 0 Å². The van der Waals surface area contributed by atoms with Crippen LogP contribution in [0.25, 0.3) is 0 Å². The second kappa shape index (κ2) is 5.72. The van der Waals surface area contributed by atoms with E-state index in [4.69, 9.17) is 18.8 Å². The lowest BCUT2D eigenvalue weighted by molar-refractivity contribution is 0.00578. The first-order chi connectivity index (χ1) is 10.7. The molecule has 0 unspecified atom stereocenters. The van der Waals surface area contributed by atoms with Gasteiger partial charge >= 0.3 is 7.12 Å². The van der Waals surface area contributed by atoms with Crippen molar-refractivity contribution < 1.29 is 27.6 Å². The zero-order valence-electron chi connectivity index (χ0n) is 13.8. The molecule has 1 aromatic carbocycles. The summed E-state index contributed by atoms with van der Waals surface area (Å²) in [4.78, 5) is 0. The van der Waals surface area contributed by atoms with Crippen molar-refractivity contribution >= 4 is 12.6 Å². The van der Waals surface area contributed by atoms with Crippen LogP contribution < -0.4 is 10.2 Å². The molecule has 2 heterocycles. The van der Waals surface area contributed by atoms with Crippen LogP contribution in [-0.4, -0.2) is 37.6 Å². The van der Waals surface area contributed by atoms with Gasteiger partial charge in [0.1, 0.15) is 6.10 Å². The summed E-state index contributed by atoms with van der Waals surface area (Å²) in [6.07, 6.45) is 0.305. The first-order valence-electron chi connectivity index (χ1n) is 7.78. The molecule has 0 N–H and O–H groups in total. The van der Waals surface area contributed by atoms with Crippen LogP contribution >= 0.6 is 0 Å². The van der Waals surface area contributed by atoms with E-state index in [2.05, 4.69) is 0 Å². The van der Waals surface area contributed by atoms with Crippen LogP contribution in [0.3, 0.4) is 0 Å². The summed E-state index contributed by atoms with van der Waals surface area (Å²) in [5.41, 5.74) is -0.837. The lowest BCUT2D eigenvalue weighted by atomic mass is 9.79. The van der Waals surface area contributed by atoms with E-state index in [1.54, 1.807) is 0 Å². The molecular weight excluding hydrogens is 305 g/mol. The second-order valence-corrected chi connectivity index (χ2v) is 7.01. The number of rotatable bonds is 3. The lowest BCUT2D eigenvalue weighted by Gasteiger charge is -2.32. The van der Waals surface area contributed by atoms with Crippen LogP contribution in [0.4, 0.5) is 8.78 Å². The number of hydrogen-bond donors (Lipinski definition) is 0. The summed E-state index contributed by atoms with van der Waals surface area (Å²) in [5, 5.41) is 0. The quantitative estimate of drug-likeness (QED) is 0.800. The molecule has 0 bridgehead atoms. The van der Waals surface area contributed by atoms with E-state index in [1.165, 1.54) is 12.1 Å². The molecule has 126 valence electrons. The van der Waals surface area contributed by atoms with E-state index in [1.807, 2.05) is 27.7 Å². The normalized spacial score (nSPS) is 25.8. The molecule has 23 heavy (non-hydrogen) atoms. The largest absolute Gasteiger partial charge is 0.495 e. The van der Waals surface area contributed by atoms with Crippen LogP contribution in [0.15, 0.2) is 12.1 Å². The maximum Gasteiger partial charge on any atom is 0.495 e. The van der Waals surface area contributed by atoms with E-state index >= 15 is 0 Å². The molecule has 4 nitrogen and oxygen atoms in total. The van der Waals surface area contributed by atoms with E-state index in [9.17, 15) is 8.78 Å². The van der Waals surface area contributed by atoms with Crippen molar-refractivity contribution in [1.82, 2.24) is 0 Å². The highest BCUT2D eigenvalue weighted by Crippen LogP contribution is 2.37. The summed E-state index contributed by atoms with van der Waals surface area (Å²) in [7, 11) is -0.812. The van der Waals surface area contributed by atoms with Gasteiger partial charge in [-0.15, -0.1) is 0 Å². The smallest absolute Gasteiger partial charge is 0.482 e. The molecule has 3 rings (SSSR count). The summed E-state index contributed by atoms with van der Waals surface area (Å²) < 4.78 is 50.7. The Morgan fingerprint density at radius 1 is 1.09 bits per heavy atom. The predicted molar refractivity (Wildman–Crippen MR) is 81.9 cm³/mol. The minimum Gasteiger partial charge on any atom is -0.482 e.